The number of nitrogens with zero attached hydrogens (tertiary/aromatic N) is 1. The standard InChI is InChI=1S/C13H17N3O3/c1-8-3-4-9(10(14)17)11(16-8)15-7-13(12(18)19)5-2-6-13/h3-4H,2,5-7H2,1H3,(H2,14,17)(H,15,16)(H,18,19). The molecule has 0 aliphatic heterocycles. The van der Waals surface area contributed by atoms with Crippen molar-refractivity contribution in [2.24, 2.45) is 11.1 Å². The van der Waals surface area contributed by atoms with Crippen LogP contribution in [0.4, 0.5) is 5.82 Å². The smallest absolute Gasteiger partial charge is 0.311 e. The molecule has 6 heteroatoms. The van der Waals surface area contributed by atoms with E-state index in [-0.39, 0.29) is 12.1 Å². The quantitative estimate of drug-likeness (QED) is 0.739. The van der Waals surface area contributed by atoms with Gasteiger partial charge in [0.2, 0.25) is 0 Å². The molecule has 0 spiro atoms. The lowest BCUT2D eigenvalue weighted by Gasteiger charge is -2.37. The summed E-state index contributed by atoms with van der Waals surface area (Å²) in [5, 5.41) is 12.2. The van der Waals surface area contributed by atoms with Crippen LogP contribution < -0.4 is 11.1 Å². The number of aryl methyl sites for hydroxylation is 1. The second kappa shape index (κ2) is 4.87. The molecule has 6 nitrogen and oxygen atoms in total. The summed E-state index contributed by atoms with van der Waals surface area (Å²) < 4.78 is 0. The topological polar surface area (TPSA) is 105 Å². The Hall–Kier alpha value is -2.11. The summed E-state index contributed by atoms with van der Waals surface area (Å²) in [7, 11) is 0. The van der Waals surface area contributed by atoms with Crippen molar-refractivity contribution in [3.8, 4) is 0 Å². The molecule has 0 bridgehead atoms. The van der Waals surface area contributed by atoms with Crippen LogP contribution in [-0.4, -0.2) is 28.5 Å². The molecule has 1 aliphatic rings. The number of primary amides is 1. The third kappa shape index (κ3) is 2.52. The van der Waals surface area contributed by atoms with E-state index < -0.39 is 17.3 Å². The number of anilines is 1. The van der Waals surface area contributed by atoms with Gasteiger partial charge in [-0.1, -0.05) is 6.42 Å². The highest BCUT2D eigenvalue weighted by Crippen LogP contribution is 2.41. The fourth-order valence-electron chi connectivity index (χ4n) is 2.21. The van der Waals surface area contributed by atoms with Gasteiger partial charge in [0.25, 0.3) is 5.91 Å². The lowest BCUT2D eigenvalue weighted by atomic mass is 9.69. The van der Waals surface area contributed by atoms with E-state index in [0.29, 0.717) is 18.7 Å². The summed E-state index contributed by atoms with van der Waals surface area (Å²) in [4.78, 5) is 26.8. The lowest BCUT2D eigenvalue weighted by Crippen LogP contribution is -2.44. The number of carboxylic acid groups (broad SMARTS) is 1. The second-order valence-electron chi connectivity index (χ2n) is 5.01. The molecule has 4 N–H and O–H groups in total. The average molecular weight is 263 g/mol. The molecule has 1 saturated carbocycles. The van der Waals surface area contributed by atoms with Crippen molar-refractivity contribution < 1.29 is 14.7 Å². The van der Waals surface area contributed by atoms with Gasteiger partial charge in [0, 0.05) is 12.2 Å². The molecular formula is C13H17N3O3. The zero-order chi connectivity index (χ0) is 14.0. The van der Waals surface area contributed by atoms with Crippen molar-refractivity contribution >= 4 is 17.7 Å². The van der Waals surface area contributed by atoms with Crippen molar-refractivity contribution in [3.05, 3.63) is 23.4 Å². The lowest BCUT2D eigenvalue weighted by molar-refractivity contribution is -0.153. The number of nitrogens with two attached hydrogens (primary N) is 1. The first-order valence-electron chi connectivity index (χ1n) is 6.19. The summed E-state index contributed by atoms with van der Waals surface area (Å²) >= 11 is 0. The Morgan fingerprint density at radius 3 is 2.63 bits per heavy atom. The van der Waals surface area contributed by atoms with Gasteiger partial charge in [-0.25, -0.2) is 4.98 Å². The maximum absolute atomic E-state index is 11.3. The Bertz CT molecular complexity index is 524. The summed E-state index contributed by atoms with van der Waals surface area (Å²) in [5.74, 6) is -1.02. The number of carbonyl (C=O) groups excluding carboxylic acids is 1. The predicted octanol–water partition coefficient (Wildman–Crippen LogP) is 1.16. The Morgan fingerprint density at radius 1 is 1.47 bits per heavy atom. The largest absolute Gasteiger partial charge is 0.481 e. The van der Waals surface area contributed by atoms with Crippen LogP contribution in [0, 0.1) is 12.3 Å². The van der Waals surface area contributed by atoms with E-state index in [9.17, 15) is 14.7 Å². The number of hydrogen-bond donors (Lipinski definition) is 3. The molecular weight excluding hydrogens is 246 g/mol. The van der Waals surface area contributed by atoms with Crippen molar-refractivity contribution in [1.29, 1.82) is 0 Å². The molecule has 0 atom stereocenters. The van der Waals surface area contributed by atoms with E-state index in [1.165, 1.54) is 0 Å². The number of aliphatic carboxylic acids is 1. The number of hydrogen-bond acceptors (Lipinski definition) is 4. The van der Waals surface area contributed by atoms with Gasteiger partial charge in [-0.05, 0) is 31.9 Å². The molecule has 0 aromatic carbocycles. The van der Waals surface area contributed by atoms with Crippen LogP contribution in [0.3, 0.4) is 0 Å². The fourth-order valence-corrected chi connectivity index (χ4v) is 2.21. The van der Waals surface area contributed by atoms with Crippen LogP contribution in [0.15, 0.2) is 12.1 Å². The van der Waals surface area contributed by atoms with Gasteiger partial charge >= 0.3 is 5.97 Å². The van der Waals surface area contributed by atoms with Crippen molar-refractivity contribution in [2.75, 3.05) is 11.9 Å². The van der Waals surface area contributed by atoms with Crippen molar-refractivity contribution in [2.45, 2.75) is 26.2 Å². The van der Waals surface area contributed by atoms with Gasteiger partial charge in [0.05, 0.1) is 11.0 Å². The average Bonchev–Trinajstić information content (AvgIpc) is 2.26. The highest BCUT2D eigenvalue weighted by molar-refractivity contribution is 5.97. The summed E-state index contributed by atoms with van der Waals surface area (Å²) in [6.07, 6.45) is 2.21. The first kappa shape index (κ1) is 13.3. The van der Waals surface area contributed by atoms with E-state index in [0.717, 1.165) is 12.1 Å². The number of carboxylic acids is 1. The van der Waals surface area contributed by atoms with E-state index in [4.69, 9.17) is 5.73 Å². The molecule has 102 valence electrons. The number of amides is 1. The van der Waals surface area contributed by atoms with Gasteiger partial charge in [-0.2, -0.15) is 0 Å². The second-order valence-corrected chi connectivity index (χ2v) is 5.01. The van der Waals surface area contributed by atoms with Gasteiger partial charge in [0.1, 0.15) is 5.82 Å². The minimum atomic E-state index is -0.806. The zero-order valence-corrected chi connectivity index (χ0v) is 10.8. The fraction of sp³-hybridized carbons (Fsp3) is 0.462. The van der Waals surface area contributed by atoms with Gasteiger partial charge in [-0.15, -0.1) is 0 Å². The molecule has 1 aliphatic carbocycles. The number of rotatable bonds is 5. The first-order chi connectivity index (χ1) is 8.94. The Kier molecular flexibility index (Phi) is 3.42. The third-order valence-corrected chi connectivity index (χ3v) is 3.66. The summed E-state index contributed by atoms with van der Waals surface area (Å²) in [6, 6.07) is 3.29. The maximum atomic E-state index is 11.3. The molecule has 1 fully saturated rings. The first-order valence-corrected chi connectivity index (χ1v) is 6.19. The Morgan fingerprint density at radius 2 is 2.16 bits per heavy atom. The summed E-state index contributed by atoms with van der Waals surface area (Å²) in [5.41, 5.74) is 5.56. The monoisotopic (exact) mass is 263 g/mol. The van der Waals surface area contributed by atoms with Crippen LogP contribution in [-0.2, 0) is 4.79 Å². The number of aromatic nitrogens is 1. The summed E-state index contributed by atoms with van der Waals surface area (Å²) in [6.45, 7) is 2.06. The van der Waals surface area contributed by atoms with E-state index >= 15 is 0 Å². The van der Waals surface area contributed by atoms with E-state index in [1.54, 1.807) is 19.1 Å². The molecule has 1 aromatic heterocycles. The van der Waals surface area contributed by atoms with Gasteiger partial charge < -0.3 is 16.2 Å². The molecule has 1 amide bonds. The highest BCUT2D eigenvalue weighted by Gasteiger charge is 2.44. The Labute approximate surface area is 111 Å². The molecule has 0 saturated heterocycles. The van der Waals surface area contributed by atoms with E-state index in [1.807, 2.05) is 0 Å². The zero-order valence-electron chi connectivity index (χ0n) is 10.8. The van der Waals surface area contributed by atoms with Crippen LogP contribution in [0.25, 0.3) is 0 Å². The maximum Gasteiger partial charge on any atom is 0.311 e. The number of pyridine rings is 1. The SMILES string of the molecule is Cc1ccc(C(N)=O)c(NCC2(C(=O)O)CCC2)n1. The number of nitrogens with one attached hydrogen (secondary N) is 1. The van der Waals surface area contributed by atoms with Crippen LogP contribution in [0.2, 0.25) is 0 Å². The minimum absolute atomic E-state index is 0.263. The predicted molar refractivity (Wildman–Crippen MR) is 69.9 cm³/mol. The Balaban J connectivity index is 2.17. The highest BCUT2D eigenvalue weighted by atomic mass is 16.4. The van der Waals surface area contributed by atoms with E-state index in [2.05, 4.69) is 10.3 Å². The van der Waals surface area contributed by atoms with Gasteiger partial charge in [0.15, 0.2) is 0 Å². The molecule has 2 rings (SSSR count). The molecule has 0 radical (unpaired) electrons. The van der Waals surface area contributed by atoms with Gasteiger partial charge in [-0.3, -0.25) is 9.59 Å². The molecule has 19 heavy (non-hydrogen) atoms. The molecule has 1 aromatic rings. The van der Waals surface area contributed by atoms with Crippen molar-refractivity contribution in [3.63, 3.8) is 0 Å². The normalized spacial score (nSPS) is 16.5. The third-order valence-electron chi connectivity index (χ3n) is 3.66. The van der Waals surface area contributed by atoms with Crippen LogP contribution in [0.1, 0.15) is 35.3 Å². The number of carbonyl (C=O) groups is 2. The minimum Gasteiger partial charge on any atom is -0.481 e. The van der Waals surface area contributed by atoms with Crippen LogP contribution >= 0.6 is 0 Å². The molecule has 0 unspecified atom stereocenters. The molecule has 1 heterocycles. The van der Waals surface area contributed by atoms with Crippen LogP contribution in [0.5, 0.6) is 0 Å². The van der Waals surface area contributed by atoms with Crippen molar-refractivity contribution in [1.82, 2.24) is 4.98 Å².